The molecule has 0 aliphatic heterocycles. The molecule has 1 rings (SSSR count). The lowest BCUT2D eigenvalue weighted by Crippen LogP contribution is -2.37. The second-order valence-corrected chi connectivity index (χ2v) is 6.96. The molecule has 1 saturated carbocycles. The van der Waals surface area contributed by atoms with Gasteiger partial charge in [-0.2, -0.15) is 0 Å². The van der Waals surface area contributed by atoms with Crippen molar-refractivity contribution in [3.63, 3.8) is 0 Å². The highest BCUT2D eigenvalue weighted by Gasteiger charge is 2.19. The van der Waals surface area contributed by atoms with Gasteiger partial charge in [0.05, 0.1) is 0 Å². The lowest BCUT2D eigenvalue weighted by atomic mass is 9.97. The molecular formula is C16H32N2O2. The molecule has 0 spiro atoms. The second-order valence-electron chi connectivity index (χ2n) is 6.96. The van der Waals surface area contributed by atoms with Crippen molar-refractivity contribution in [3.8, 4) is 0 Å². The van der Waals surface area contributed by atoms with Crippen LogP contribution in [0.4, 0.5) is 4.79 Å². The summed E-state index contributed by atoms with van der Waals surface area (Å²) in [4.78, 5) is 11.5. The maximum absolute atomic E-state index is 11.5. The number of carbonyl (C=O) groups excluding carboxylic acids is 1. The fourth-order valence-electron chi connectivity index (χ4n) is 2.68. The lowest BCUT2D eigenvalue weighted by molar-refractivity contribution is 0.0527. The number of nitrogens with one attached hydrogen (secondary N) is 2. The molecule has 4 heteroatoms. The van der Waals surface area contributed by atoms with E-state index in [1.165, 1.54) is 32.1 Å². The first kappa shape index (κ1) is 17.3. The van der Waals surface area contributed by atoms with E-state index >= 15 is 0 Å². The Morgan fingerprint density at radius 3 is 2.55 bits per heavy atom. The first-order valence-electron chi connectivity index (χ1n) is 8.09. The number of ether oxygens (including phenoxy) is 1. The molecule has 1 aliphatic rings. The molecule has 0 aromatic carbocycles. The van der Waals surface area contributed by atoms with Crippen molar-refractivity contribution in [1.82, 2.24) is 10.6 Å². The van der Waals surface area contributed by atoms with Crippen LogP contribution in [0, 0.1) is 5.92 Å². The molecule has 0 heterocycles. The van der Waals surface area contributed by atoms with Crippen molar-refractivity contribution in [2.75, 3.05) is 13.1 Å². The van der Waals surface area contributed by atoms with Crippen LogP contribution >= 0.6 is 0 Å². The average molecular weight is 284 g/mol. The quantitative estimate of drug-likeness (QED) is 0.600. The van der Waals surface area contributed by atoms with Crippen LogP contribution < -0.4 is 10.6 Å². The highest BCUT2D eigenvalue weighted by molar-refractivity contribution is 5.67. The van der Waals surface area contributed by atoms with E-state index in [1.807, 2.05) is 20.8 Å². The molecule has 0 saturated heterocycles. The number of alkyl carbamates (subject to hydrolysis) is 1. The summed E-state index contributed by atoms with van der Waals surface area (Å²) in [7, 11) is 0. The van der Waals surface area contributed by atoms with E-state index in [9.17, 15) is 4.79 Å². The van der Waals surface area contributed by atoms with E-state index in [0.29, 0.717) is 12.6 Å². The summed E-state index contributed by atoms with van der Waals surface area (Å²) in [6, 6.07) is 0.652. The fourth-order valence-corrected chi connectivity index (χ4v) is 2.68. The van der Waals surface area contributed by atoms with Crippen LogP contribution in [-0.2, 0) is 4.74 Å². The van der Waals surface area contributed by atoms with E-state index in [0.717, 1.165) is 18.9 Å². The van der Waals surface area contributed by atoms with Crippen molar-refractivity contribution < 1.29 is 9.53 Å². The van der Waals surface area contributed by atoms with Crippen LogP contribution in [0.1, 0.15) is 66.2 Å². The van der Waals surface area contributed by atoms with Gasteiger partial charge in [0.15, 0.2) is 0 Å². The Morgan fingerprint density at radius 2 is 1.85 bits per heavy atom. The largest absolute Gasteiger partial charge is 0.444 e. The minimum absolute atomic E-state index is 0.319. The number of carbonyl (C=O) groups is 1. The van der Waals surface area contributed by atoms with Crippen LogP contribution in [-0.4, -0.2) is 30.8 Å². The zero-order chi connectivity index (χ0) is 15.0. The van der Waals surface area contributed by atoms with Gasteiger partial charge in [0.1, 0.15) is 5.60 Å². The van der Waals surface area contributed by atoms with Crippen molar-refractivity contribution in [1.29, 1.82) is 0 Å². The molecular weight excluding hydrogens is 252 g/mol. The highest BCUT2D eigenvalue weighted by atomic mass is 16.6. The summed E-state index contributed by atoms with van der Waals surface area (Å²) in [6.45, 7) is 9.61. The Bertz CT molecular complexity index is 287. The summed E-state index contributed by atoms with van der Waals surface area (Å²) in [5.41, 5.74) is -0.419. The predicted molar refractivity (Wildman–Crippen MR) is 82.9 cm³/mol. The molecule has 4 nitrogen and oxygen atoms in total. The van der Waals surface area contributed by atoms with Gasteiger partial charge < -0.3 is 15.4 Å². The number of hydrogen-bond donors (Lipinski definition) is 2. The van der Waals surface area contributed by atoms with Gasteiger partial charge >= 0.3 is 6.09 Å². The molecule has 1 aliphatic carbocycles. The average Bonchev–Trinajstić information content (AvgIpc) is 2.52. The number of hydrogen-bond acceptors (Lipinski definition) is 3. The monoisotopic (exact) mass is 284 g/mol. The second kappa shape index (κ2) is 8.50. The van der Waals surface area contributed by atoms with Gasteiger partial charge in [0, 0.05) is 12.6 Å². The van der Waals surface area contributed by atoms with Gasteiger partial charge in [-0.1, -0.05) is 26.2 Å². The Morgan fingerprint density at radius 1 is 1.15 bits per heavy atom. The van der Waals surface area contributed by atoms with Gasteiger partial charge in [-0.25, -0.2) is 4.79 Å². The van der Waals surface area contributed by atoms with Crippen molar-refractivity contribution in [2.24, 2.45) is 5.92 Å². The normalized spacial score (nSPS) is 24.0. The number of rotatable bonds is 5. The molecule has 20 heavy (non-hydrogen) atoms. The Balaban J connectivity index is 2.08. The summed E-state index contributed by atoms with van der Waals surface area (Å²) in [6.07, 6.45) is 7.36. The van der Waals surface area contributed by atoms with Crippen molar-refractivity contribution in [2.45, 2.75) is 77.9 Å². The first-order valence-corrected chi connectivity index (χ1v) is 8.09. The Kier molecular flexibility index (Phi) is 7.35. The van der Waals surface area contributed by atoms with Gasteiger partial charge in [0.2, 0.25) is 0 Å². The fraction of sp³-hybridized carbons (Fsp3) is 0.938. The zero-order valence-electron chi connectivity index (χ0n) is 13.6. The predicted octanol–water partition coefficient (Wildman–Crippen LogP) is 3.46. The molecule has 2 atom stereocenters. The molecule has 118 valence electrons. The number of amides is 1. The Labute approximate surface area is 124 Å². The SMILES string of the molecule is CC1CCCCCC1NCCCNC(=O)OC(C)(C)C. The molecule has 0 bridgehead atoms. The third kappa shape index (κ3) is 7.73. The summed E-state index contributed by atoms with van der Waals surface area (Å²) in [5, 5.41) is 6.44. The van der Waals surface area contributed by atoms with E-state index in [4.69, 9.17) is 4.74 Å². The summed E-state index contributed by atoms with van der Waals surface area (Å²) in [5.74, 6) is 0.774. The molecule has 2 unspecified atom stereocenters. The summed E-state index contributed by atoms with van der Waals surface area (Å²) < 4.78 is 5.20. The lowest BCUT2D eigenvalue weighted by Gasteiger charge is -2.23. The van der Waals surface area contributed by atoms with Crippen LogP contribution in [0.3, 0.4) is 0 Å². The molecule has 0 aromatic rings. The molecule has 1 amide bonds. The maximum Gasteiger partial charge on any atom is 0.407 e. The van der Waals surface area contributed by atoms with E-state index < -0.39 is 5.60 Å². The van der Waals surface area contributed by atoms with Crippen LogP contribution in [0.15, 0.2) is 0 Å². The Hall–Kier alpha value is -0.770. The molecule has 0 aromatic heterocycles. The molecule has 1 fully saturated rings. The standard InChI is InChI=1S/C16H32N2O2/c1-13-9-6-5-7-10-14(13)17-11-8-12-18-15(19)20-16(2,3)4/h13-14,17H,5-12H2,1-4H3,(H,18,19). The summed E-state index contributed by atoms with van der Waals surface area (Å²) >= 11 is 0. The topological polar surface area (TPSA) is 50.4 Å². The van der Waals surface area contributed by atoms with E-state index in [1.54, 1.807) is 0 Å². The third-order valence-electron chi connectivity index (χ3n) is 3.79. The van der Waals surface area contributed by atoms with Gasteiger partial charge in [-0.3, -0.25) is 0 Å². The molecule has 0 radical (unpaired) electrons. The highest BCUT2D eigenvalue weighted by Crippen LogP contribution is 2.22. The smallest absolute Gasteiger partial charge is 0.407 e. The van der Waals surface area contributed by atoms with Crippen LogP contribution in [0.25, 0.3) is 0 Å². The van der Waals surface area contributed by atoms with Crippen LogP contribution in [0.5, 0.6) is 0 Å². The maximum atomic E-state index is 11.5. The van der Waals surface area contributed by atoms with E-state index in [-0.39, 0.29) is 6.09 Å². The zero-order valence-corrected chi connectivity index (χ0v) is 13.6. The minimum atomic E-state index is -0.419. The minimum Gasteiger partial charge on any atom is -0.444 e. The van der Waals surface area contributed by atoms with Gasteiger partial charge in [-0.15, -0.1) is 0 Å². The first-order chi connectivity index (χ1) is 9.38. The van der Waals surface area contributed by atoms with Crippen LogP contribution in [0.2, 0.25) is 0 Å². The van der Waals surface area contributed by atoms with Gasteiger partial charge in [-0.05, 0) is 52.5 Å². The molecule has 2 N–H and O–H groups in total. The van der Waals surface area contributed by atoms with E-state index in [2.05, 4.69) is 17.6 Å². The van der Waals surface area contributed by atoms with Crippen molar-refractivity contribution in [3.05, 3.63) is 0 Å². The van der Waals surface area contributed by atoms with Crippen molar-refractivity contribution >= 4 is 6.09 Å². The van der Waals surface area contributed by atoms with Gasteiger partial charge in [0.25, 0.3) is 0 Å². The third-order valence-corrected chi connectivity index (χ3v) is 3.79.